The van der Waals surface area contributed by atoms with E-state index in [4.69, 9.17) is 46.4 Å². The third-order valence-electron chi connectivity index (χ3n) is 6.01. The van der Waals surface area contributed by atoms with Crippen molar-refractivity contribution >= 4 is 70.0 Å². The second-order valence-electron chi connectivity index (χ2n) is 8.47. The molecule has 0 heterocycles. The lowest BCUT2D eigenvalue weighted by Gasteiger charge is -2.31. The van der Waals surface area contributed by atoms with Gasteiger partial charge in [-0.15, -0.1) is 11.8 Å². The maximum atomic E-state index is 13.3. The highest BCUT2D eigenvalue weighted by atomic mass is 35.5. The average molecular weight is 562 g/mol. The van der Waals surface area contributed by atoms with Crippen LogP contribution < -0.4 is 5.32 Å². The Balaban J connectivity index is 1.71. The number of halogens is 4. The fourth-order valence-electron chi connectivity index (χ4n) is 3.98. The van der Waals surface area contributed by atoms with Crippen molar-refractivity contribution in [3.05, 3.63) is 67.6 Å². The van der Waals surface area contributed by atoms with Crippen molar-refractivity contribution in [1.29, 1.82) is 0 Å². The molecule has 2 amide bonds. The number of rotatable bonds is 9. The van der Waals surface area contributed by atoms with E-state index in [1.165, 1.54) is 18.2 Å². The number of hydrogen-bond acceptors (Lipinski definition) is 3. The molecule has 4 nitrogen and oxygen atoms in total. The van der Waals surface area contributed by atoms with Gasteiger partial charge in [-0.2, -0.15) is 0 Å². The maximum Gasteiger partial charge on any atom is 0.242 e. The van der Waals surface area contributed by atoms with Gasteiger partial charge in [0.2, 0.25) is 11.8 Å². The van der Waals surface area contributed by atoms with E-state index in [1.807, 2.05) is 6.07 Å². The van der Waals surface area contributed by atoms with E-state index in [1.54, 1.807) is 42.2 Å². The molecule has 0 saturated heterocycles. The van der Waals surface area contributed by atoms with Gasteiger partial charge < -0.3 is 10.2 Å². The van der Waals surface area contributed by atoms with Crippen molar-refractivity contribution in [2.24, 2.45) is 0 Å². The summed E-state index contributed by atoms with van der Waals surface area (Å²) < 4.78 is 0. The van der Waals surface area contributed by atoms with Gasteiger partial charge >= 0.3 is 0 Å². The lowest BCUT2D eigenvalue weighted by molar-refractivity contribution is -0.139. The Morgan fingerprint density at radius 3 is 2.35 bits per heavy atom. The normalized spacial score (nSPS) is 15.1. The summed E-state index contributed by atoms with van der Waals surface area (Å²) in [4.78, 5) is 28.0. The molecule has 3 rings (SSSR count). The predicted octanol–water partition coefficient (Wildman–Crippen LogP) is 7.40. The molecule has 2 aromatic carbocycles. The molecule has 9 heteroatoms. The molecular formula is C25H28Cl4N2O2S. The third-order valence-corrected chi connectivity index (χ3v) is 8.27. The van der Waals surface area contributed by atoms with Crippen LogP contribution in [0.3, 0.4) is 0 Å². The first-order chi connectivity index (χ1) is 16.3. The lowest BCUT2D eigenvalue weighted by Crippen LogP contribution is -2.50. The number of nitrogens with one attached hydrogen (secondary N) is 1. The van der Waals surface area contributed by atoms with E-state index in [9.17, 15) is 9.59 Å². The summed E-state index contributed by atoms with van der Waals surface area (Å²) in [5, 5.41) is 5.18. The summed E-state index contributed by atoms with van der Waals surface area (Å²) in [5.41, 5.74) is 1.52. The monoisotopic (exact) mass is 560 g/mol. The summed E-state index contributed by atoms with van der Waals surface area (Å²) in [7, 11) is 0. The van der Waals surface area contributed by atoms with Crippen molar-refractivity contribution in [3.63, 3.8) is 0 Å². The fraction of sp³-hybridized carbons (Fsp3) is 0.440. The van der Waals surface area contributed by atoms with E-state index >= 15 is 0 Å². The number of thioether (sulfide) groups is 1. The number of benzene rings is 2. The quantitative estimate of drug-likeness (QED) is 0.347. The summed E-state index contributed by atoms with van der Waals surface area (Å²) in [6, 6.07) is 10.0. The second-order valence-corrected chi connectivity index (χ2v) is 11.1. The number of nitrogens with zero attached hydrogens (tertiary/aromatic N) is 1. The summed E-state index contributed by atoms with van der Waals surface area (Å²) in [6.45, 7) is 1.90. The van der Waals surface area contributed by atoms with Crippen LogP contribution in [-0.2, 0) is 21.9 Å². The molecule has 0 aromatic heterocycles. The van der Waals surface area contributed by atoms with Crippen LogP contribution in [0.2, 0.25) is 20.1 Å². The Morgan fingerprint density at radius 1 is 1.03 bits per heavy atom. The minimum absolute atomic E-state index is 0.152. The smallest absolute Gasteiger partial charge is 0.242 e. The first kappa shape index (κ1) is 27.5. The van der Waals surface area contributed by atoms with E-state index in [2.05, 4.69) is 5.32 Å². The fourth-order valence-corrected chi connectivity index (χ4v) is 5.96. The van der Waals surface area contributed by atoms with Gasteiger partial charge in [0, 0.05) is 44.0 Å². The van der Waals surface area contributed by atoms with Crippen LogP contribution in [0.1, 0.15) is 50.2 Å². The van der Waals surface area contributed by atoms with E-state index in [0.29, 0.717) is 31.4 Å². The molecule has 0 aliphatic heterocycles. The highest BCUT2D eigenvalue weighted by molar-refractivity contribution is 7.99. The number of hydrogen-bond donors (Lipinski definition) is 1. The Morgan fingerprint density at radius 2 is 1.71 bits per heavy atom. The second kappa shape index (κ2) is 13.3. The number of carbonyl (C=O) groups excluding carboxylic acids is 2. The Kier molecular flexibility index (Phi) is 10.7. The molecule has 2 aromatic rings. The zero-order valence-electron chi connectivity index (χ0n) is 19.0. The first-order valence-corrected chi connectivity index (χ1v) is 14.0. The topological polar surface area (TPSA) is 49.4 Å². The van der Waals surface area contributed by atoms with Gasteiger partial charge in [0.1, 0.15) is 6.04 Å². The van der Waals surface area contributed by atoms with Crippen molar-refractivity contribution in [3.8, 4) is 0 Å². The van der Waals surface area contributed by atoms with Gasteiger partial charge in [-0.25, -0.2) is 0 Å². The molecule has 0 spiro atoms. The van der Waals surface area contributed by atoms with Gasteiger partial charge in [-0.1, -0.05) is 77.8 Å². The van der Waals surface area contributed by atoms with Crippen molar-refractivity contribution in [2.45, 2.75) is 63.4 Å². The molecule has 1 N–H and O–H groups in total. The molecule has 1 saturated carbocycles. The molecule has 0 radical (unpaired) electrons. The first-order valence-electron chi connectivity index (χ1n) is 11.3. The Hall–Kier alpha value is -1.11. The largest absolute Gasteiger partial charge is 0.352 e. The molecule has 34 heavy (non-hydrogen) atoms. The Labute approximate surface area is 225 Å². The summed E-state index contributed by atoms with van der Waals surface area (Å²) in [5.74, 6) is 0.402. The van der Waals surface area contributed by atoms with Crippen LogP contribution in [0.25, 0.3) is 0 Å². The van der Waals surface area contributed by atoms with Crippen LogP contribution >= 0.6 is 58.2 Å². The highest BCUT2D eigenvalue weighted by Crippen LogP contribution is 2.28. The summed E-state index contributed by atoms with van der Waals surface area (Å²) in [6.07, 6.45) is 5.37. The average Bonchev–Trinajstić information content (AvgIpc) is 2.80. The number of amides is 2. The van der Waals surface area contributed by atoms with Gasteiger partial charge in [0.15, 0.2) is 0 Å². The predicted molar refractivity (Wildman–Crippen MR) is 144 cm³/mol. The van der Waals surface area contributed by atoms with Crippen LogP contribution in [0.5, 0.6) is 0 Å². The third kappa shape index (κ3) is 7.69. The van der Waals surface area contributed by atoms with E-state index in [-0.39, 0.29) is 30.2 Å². The molecule has 1 aliphatic carbocycles. The van der Waals surface area contributed by atoms with Crippen molar-refractivity contribution in [2.75, 3.05) is 5.75 Å². The van der Waals surface area contributed by atoms with Crippen molar-refractivity contribution < 1.29 is 9.59 Å². The molecule has 0 bridgehead atoms. The molecule has 0 unspecified atom stereocenters. The van der Waals surface area contributed by atoms with E-state index < -0.39 is 6.04 Å². The van der Waals surface area contributed by atoms with Crippen molar-refractivity contribution in [1.82, 2.24) is 10.2 Å². The maximum absolute atomic E-state index is 13.3. The van der Waals surface area contributed by atoms with Crippen LogP contribution in [0, 0.1) is 0 Å². The van der Waals surface area contributed by atoms with Crippen LogP contribution in [0.4, 0.5) is 0 Å². The minimum atomic E-state index is -0.665. The minimum Gasteiger partial charge on any atom is -0.352 e. The molecule has 1 aliphatic rings. The summed E-state index contributed by atoms with van der Waals surface area (Å²) >= 11 is 26.4. The molecule has 184 valence electrons. The zero-order valence-corrected chi connectivity index (χ0v) is 22.8. The molecule has 1 fully saturated rings. The van der Waals surface area contributed by atoms with Gasteiger partial charge in [-0.05, 0) is 49.6 Å². The van der Waals surface area contributed by atoms with Gasteiger partial charge in [0.05, 0.1) is 5.75 Å². The van der Waals surface area contributed by atoms with E-state index in [0.717, 1.165) is 31.2 Å². The number of carbonyl (C=O) groups is 2. The SMILES string of the molecule is C[C@H](C(=O)NC1CCCCC1)N(Cc1c(Cl)cccc1Cl)C(=O)CSCc1ccc(Cl)cc1Cl. The lowest BCUT2D eigenvalue weighted by atomic mass is 9.95. The van der Waals surface area contributed by atoms with Crippen LogP contribution in [0.15, 0.2) is 36.4 Å². The van der Waals surface area contributed by atoms with Gasteiger partial charge in [-0.3, -0.25) is 9.59 Å². The molecular weight excluding hydrogens is 534 g/mol. The Bertz CT molecular complexity index is 994. The zero-order chi connectivity index (χ0) is 24.7. The van der Waals surface area contributed by atoms with Crippen LogP contribution in [-0.4, -0.2) is 34.6 Å². The standard InChI is InChI=1S/C25H28Cl4N2O2S/c1-16(25(33)30-19-6-3-2-4-7-19)31(13-20-21(27)8-5-9-22(20)28)24(32)15-34-14-17-10-11-18(26)12-23(17)29/h5,8-12,16,19H,2-4,6-7,13-15H2,1H3,(H,30,33)/t16-/m1/s1. The van der Waals surface area contributed by atoms with Gasteiger partial charge in [0.25, 0.3) is 0 Å². The highest BCUT2D eigenvalue weighted by Gasteiger charge is 2.29. The molecule has 1 atom stereocenters.